The highest BCUT2D eigenvalue weighted by Gasteiger charge is 2.17. The Balaban J connectivity index is 0.000000158. The summed E-state index contributed by atoms with van der Waals surface area (Å²) >= 11 is 0. The van der Waals surface area contributed by atoms with Gasteiger partial charge in [0.1, 0.15) is 23.3 Å². The monoisotopic (exact) mass is 520 g/mol. The Morgan fingerprint density at radius 1 is 0.816 bits per heavy atom. The van der Waals surface area contributed by atoms with Crippen molar-refractivity contribution in [1.82, 2.24) is 28.7 Å². The minimum atomic E-state index is -0.731. The molecule has 0 radical (unpaired) electrons. The predicted molar refractivity (Wildman–Crippen MR) is 128 cm³/mol. The van der Waals surface area contributed by atoms with Gasteiger partial charge in [0.2, 0.25) is 0 Å². The summed E-state index contributed by atoms with van der Waals surface area (Å²) in [5.74, 6) is -3.27. The Kier molecular flexibility index (Phi) is 6.52. The SMILES string of the molecule is COC(=O)c1nccn2cc(-c3ccc(F)cc3F)nc12.Fc1ccc(-c2cn3ccncc3n2)c(F)c1. The molecular weight excluding hydrogens is 504 g/mol. The van der Waals surface area contributed by atoms with Gasteiger partial charge in [-0.3, -0.25) is 4.98 Å². The Hall–Kier alpha value is -5.13. The molecule has 38 heavy (non-hydrogen) atoms. The molecule has 4 aromatic heterocycles. The van der Waals surface area contributed by atoms with Gasteiger partial charge in [-0.2, -0.15) is 0 Å². The van der Waals surface area contributed by atoms with Gasteiger partial charge >= 0.3 is 5.97 Å². The number of imidazole rings is 2. The summed E-state index contributed by atoms with van der Waals surface area (Å²) in [6.45, 7) is 0. The maximum atomic E-state index is 13.8. The molecule has 0 unspecified atom stereocenters. The average molecular weight is 520 g/mol. The summed E-state index contributed by atoms with van der Waals surface area (Å²) in [6, 6.07) is 6.64. The second kappa shape index (κ2) is 10.1. The van der Waals surface area contributed by atoms with Crippen molar-refractivity contribution in [2.24, 2.45) is 0 Å². The average Bonchev–Trinajstić information content (AvgIpc) is 3.52. The van der Waals surface area contributed by atoms with Crippen LogP contribution in [0.25, 0.3) is 33.8 Å². The highest BCUT2D eigenvalue weighted by molar-refractivity contribution is 5.93. The van der Waals surface area contributed by atoms with E-state index in [1.54, 1.807) is 35.4 Å². The van der Waals surface area contributed by atoms with E-state index in [4.69, 9.17) is 0 Å². The van der Waals surface area contributed by atoms with Crippen LogP contribution in [0.4, 0.5) is 17.6 Å². The Bertz CT molecular complexity index is 1770. The molecule has 6 rings (SSSR count). The van der Waals surface area contributed by atoms with Crippen molar-refractivity contribution in [2.75, 3.05) is 7.11 Å². The molecular formula is C26H16F4N6O2. The highest BCUT2D eigenvalue weighted by Crippen LogP contribution is 2.24. The van der Waals surface area contributed by atoms with Crippen LogP contribution in [-0.4, -0.2) is 41.8 Å². The summed E-state index contributed by atoms with van der Waals surface area (Å²) in [6.07, 6.45) is 11.1. The van der Waals surface area contributed by atoms with Crippen LogP contribution in [0.3, 0.4) is 0 Å². The van der Waals surface area contributed by atoms with Gasteiger partial charge in [-0.1, -0.05) is 0 Å². The quantitative estimate of drug-likeness (QED) is 0.237. The third kappa shape index (κ3) is 4.78. The van der Waals surface area contributed by atoms with E-state index in [1.807, 2.05) is 0 Å². The molecule has 0 aliphatic heterocycles. The summed E-state index contributed by atoms with van der Waals surface area (Å²) in [5, 5.41) is 0. The number of hydrogen-bond acceptors (Lipinski definition) is 6. The molecule has 0 aliphatic carbocycles. The fourth-order valence-electron chi connectivity index (χ4n) is 3.66. The molecule has 12 heteroatoms. The van der Waals surface area contributed by atoms with Crippen molar-refractivity contribution < 1.29 is 27.1 Å². The van der Waals surface area contributed by atoms with Crippen LogP contribution in [0.15, 0.2) is 79.8 Å². The third-order valence-corrected chi connectivity index (χ3v) is 5.43. The molecule has 0 aliphatic rings. The van der Waals surface area contributed by atoms with Gasteiger partial charge in [0, 0.05) is 60.4 Å². The lowest BCUT2D eigenvalue weighted by atomic mass is 10.1. The number of esters is 1. The summed E-state index contributed by atoms with van der Waals surface area (Å²) < 4.78 is 61.0. The number of fused-ring (bicyclic) bond motifs is 2. The van der Waals surface area contributed by atoms with Gasteiger partial charge in [0.15, 0.2) is 17.0 Å². The number of halogens is 4. The molecule has 0 saturated heterocycles. The zero-order chi connectivity index (χ0) is 26.8. The van der Waals surface area contributed by atoms with Gasteiger partial charge in [0.25, 0.3) is 0 Å². The van der Waals surface area contributed by atoms with Gasteiger partial charge in [-0.15, -0.1) is 0 Å². The fourth-order valence-corrected chi connectivity index (χ4v) is 3.66. The van der Waals surface area contributed by atoms with Crippen LogP contribution in [0.1, 0.15) is 10.5 Å². The molecule has 2 aromatic carbocycles. The number of benzene rings is 2. The van der Waals surface area contributed by atoms with Gasteiger partial charge in [0.05, 0.1) is 24.7 Å². The number of methoxy groups -OCH3 is 1. The zero-order valence-electron chi connectivity index (χ0n) is 19.5. The van der Waals surface area contributed by atoms with Crippen LogP contribution in [0.5, 0.6) is 0 Å². The summed E-state index contributed by atoms with van der Waals surface area (Å²) in [5.41, 5.74) is 2.01. The molecule has 0 fully saturated rings. The van der Waals surface area contributed by atoms with Gasteiger partial charge in [-0.05, 0) is 24.3 Å². The van der Waals surface area contributed by atoms with E-state index >= 15 is 0 Å². The molecule has 0 bridgehead atoms. The molecule has 0 atom stereocenters. The standard InChI is InChI=1S/C14H9F2N3O2.C12H7F2N3/c1-21-14(20)12-13-18-11(7-19(13)5-4-17-12)9-3-2-8(15)6-10(9)16;13-8-1-2-9(10(14)5-8)11-7-17-4-3-15-6-12(17)16-11/h2-7H,1H3;1-7H. The number of hydrogen-bond donors (Lipinski definition) is 0. The predicted octanol–water partition coefficient (Wildman–Crippen LogP) is 5.14. The first-order chi connectivity index (χ1) is 18.3. The van der Waals surface area contributed by atoms with Crippen molar-refractivity contribution in [3.05, 3.63) is 109 Å². The molecule has 6 aromatic rings. The van der Waals surface area contributed by atoms with Crippen LogP contribution in [-0.2, 0) is 4.74 Å². The molecule has 8 nitrogen and oxygen atoms in total. The third-order valence-electron chi connectivity index (χ3n) is 5.43. The number of carbonyl (C=O) groups is 1. The van der Waals surface area contributed by atoms with E-state index in [9.17, 15) is 22.4 Å². The number of carbonyl (C=O) groups excluding carboxylic acids is 1. The second-order valence-electron chi connectivity index (χ2n) is 7.84. The lowest BCUT2D eigenvalue weighted by Gasteiger charge is -1.99. The van der Waals surface area contributed by atoms with E-state index < -0.39 is 29.2 Å². The van der Waals surface area contributed by atoms with Crippen molar-refractivity contribution >= 4 is 17.3 Å². The van der Waals surface area contributed by atoms with E-state index in [2.05, 4.69) is 24.7 Å². The lowest BCUT2D eigenvalue weighted by molar-refractivity contribution is 0.0595. The minimum absolute atomic E-state index is 0.0220. The van der Waals surface area contributed by atoms with Gasteiger partial charge in [-0.25, -0.2) is 37.3 Å². The van der Waals surface area contributed by atoms with Crippen LogP contribution in [0.2, 0.25) is 0 Å². The molecule has 190 valence electrons. The van der Waals surface area contributed by atoms with E-state index in [0.717, 1.165) is 18.2 Å². The lowest BCUT2D eigenvalue weighted by Crippen LogP contribution is -2.06. The Labute approximate surface area is 211 Å². The second-order valence-corrected chi connectivity index (χ2v) is 7.84. The first-order valence-electron chi connectivity index (χ1n) is 11.0. The largest absolute Gasteiger partial charge is 0.464 e. The van der Waals surface area contributed by atoms with Crippen molar-refractivity contribution in [3.8, 4) is 22.5 Å². The summed E-state index contributed by atoms with van der Waals surface area (Å²) in [7, 11) is 1.23. The molecule has 0 amide bonds. The fraction of sp³-hybridized carbons (Fsp3) is 0.0385. The Morgan fingerprint density at radius 2 is 1.42 bits per heavy atom. The van der Waals surface area contributed by atoms with Crippen molar-refractivity contribution in [1.29, 1.82) is 0 Å². The van der Waals surface area contributed by atoms with E-state index in [-0.39, 0.29) is 28.2 Å². The summed E-state index contributed by atoms with van der Waals surface area (Å²) in [4.78, 5) is 27.8. The van der Waals surface area contributed by atoms with Gasteiger partial charge < -0.3 is 13.5 Å². The normalized spacial score (nSPS) is 10.9. The topological polar surface area (TPSA) is 86.7 Å². The molecule has 0 saturated carbocycles. The minimum Gasteiger partial charge on any atom is -0.464 e. The van der Waals surface area contributed by atoms with Crippen molar-refractivity contribution in [2.45, 2.75) is 0 Å². The number of rotatable bonds is 3. The first kappa shape index (κ1) is 24.6. The maximum absolute atomic E-state index is 13.8. The van der Waals surface area contributed by atoms with E-state index in [1.165, 1.54) is 42.1 Å². The molecule has 0 spiro atoms. The maximum Gasteiger partial charge on any atom is 0.360 e. The van der Waals surface area contributed by atoms with E-state index in [0.29, 0.717) is 11.3 Å². The first-order valence-corrected chi connectivity index (χ1v) is 11.0. The Morgan fingerprint density at radius 3 is 2.03 bits per heavy atom. The number of nitrogens with zero attached hydrogens (tertiary/aromatic N) is 6. The number of aromatic nitrogens is 6. The zero-order valence-corrected chi connectivity index (χ0v) is 19.5. The smallest absolute Gasteiger partial charge is 0.360 e. The number of ether oxygens (including phenoxy) is 1. The van der Waals surface area contributed by atoms with Crippen LogP contribution < -0.4 is 0 Å². The molecule has 4 heterocycles. The highest BCUT2D eigenvalue weighted by atomic mass is 19.1. The van der Waals surface area contributed by atoms with Crippen LogP contribution >= 0.6 is 0 Å². The van der Waals surface area contributed by atoms with Crippen molar-refractivity contribution in [3.63, 3.8) is 0 Å². The molecule has 0 N–H and O–H groups in total. The van der Waals surface area contributed by atoms with Crippen LogP contribution in [0, 0.1) is 23.3 Å².